The second kappa shape index (κ2) is 28.8. The second-order valence-corrected chi connectivity index (χ2v) is 10.3. The number of morpholine rings is 3. The third-order valence-corrected chi connectivity index (χ3v) is 7.43. The van der Waals surface area contributed by atoms with Crippen molar-refractivity contribution in [2.45, 2.75) is 61.2 Å². The molecule has 12 heteroatoms. The molecule has 3 aromatic heterocycles. The Labute approximate surface area is 273 Å². The van der Waals surface area contributed by atoms with Gasteiger partial charge in [0.1, 0.15) is 0 Å². The summed E-state index contributed by atoms with van der Waals surface area (Å²) in [4.78, 5) is 18.7. The van der Waals surface area contributed by atoms with Crippen LogP contribution in [0, 0.1) is 0 Å². The Morgan fingerprint density at radius 2 is 0.644 bits per heavy atom. The van der Waals surface area contributed by atoms with E-state index in [1.54, 1.807) is 37.6 Å². The van der Waals surface area contributed by atoms with Gasteiger partial charge in [0, 0.05) is 96.1 Å². The molecule has 0 spiro atoms. The fourth-order valence-electron chi connectivity index (χ4n) is 4.17. The predicted molar refractivity (Wildman–Crippen MR) is 183 cm³/mol. The van der Waals surface area contributed by atoms with Crippen molar-refractivity contribution in [3.05, 3.63) is 56.2 Å². The number of aryl methyl sites for hydroxylation is 3. The van der Waals surface area contributed by atoms with E-state index < -0.39 is 0 Å². The topological polar surface area (TPSA) is 90.9 Å². The van der Waals surface area contributed by atoms with Gasteiger partial charge in [-0.15, -0.1) is 0 Å². The maximum absolute atomic E-state index is 5.16. The normalized spacial score (nSPS) is 16.9. The fourth-order valence-corrected chi connectivity index (χ4v) is 4.17. The van der Waals surface area contributed by atoms with E-state index in [1.165, 1.54) is 19.6 Å². The van der Waals surface area contributed by atoms with Crippen molar-refractivity contribution in [3.8, 4) is 0 Å². The fraction of sp³-hybridized carbons (Fsp3) is 0.727. The number of aromatic nitrogens is 6. The zero-order chi connectivity index (χ0) is 32.8. The minimum Gasteiger partial charge on any atom is -0.379 e. The van der Waals surface area contributed by atoms with Crippen molar-refractivity contribution in [1.29, 1.82) is 0 Å². The largest absolute Gasteiger partial charge is 0.379 e. The molecule has 45 heavy (non-hydrogen) atoms. The van der Waals surface area contributed by atoms with E-state index in [2.05, 4.69) is 71.2 Å². The van der Waals surface area contributed by atoms with E-state index in [9.17, 15) is 0 Å². The van der Waals surface area contributed by atoms with Crippen LogP contribution in [0.1, 0.15) is 41.5 Å². The number of hydrogen-bond acceptors (Lipinski definition) is 9. The van der Waals surface area contributed by atoms with Crippen molar-refractivity contribution in [1.82, 2.24) is 43.4 Å². The molecule has 12 nitrogen and oxygen atoms in total. The minimum atomic E-state index is 0.924. The average Bonchev–Trinajstić information content (AvgIpc) is 3.95. The van der Waals surface area contributed by atoms with Crippen molar-refractivity contribution in [3.63, 3.8) is 0 Å². The number of imidazole rings is 3. The monoisotopic (exact) mass is 634 g/mol. The number of ether oxygens (including phenoxy) is 3. The SMILES string of the molecule is CCN1CCOCC1.CCN1CCOCC1.CCN1CCOCC1.CCn1ccnc1.CCn1ccnc1.CCn1ccnc1. The number of rotatable bonds is 6. The first-order valence-electron chi connectivity index (χ1n) is 16.9. The van der Waals surface area contributed by atoms with E-state index in [4.69, 9.17) is 14.2 Å². The van der Waals surface area contributed by atoms with Gasteiger partial charge in [0.25, 0.3) is 0 Å². The summed E-state index contributed by atoms with van der Waals surface area (Å²) in [7, 11) is 0. The molecule has 0 aromatic carbocycles. The van der Waals surface area contributed by atoms with Crippen LogP contribution in [0.25, 0.3) is 0 Å². The van der Waals surface area contributed by atoms with Gasteiger partial charge in [0.05, 0.1) is 58.6 Å². The Kier molecular flexibility index (Phi) is 25.9. The third-order valence-electron chi connectivity index (χ3n) is 7.43. The van der Waals surface area contributed by atoms with Crippen molar-refractivity contribution in [2.75, 3.05) is 98.5 Å². The Hall–Kier alpha value is -2.61. The van der Waals surface area contributed by atoms with Crippen LogP contribution >= 0.6 is 0 Å². The summed E-state index contributed by atoms with van der Waals surface area (Å²) in [5.41, 5.74) is 0. The van der Waals surface area contributed by atoms with Gasteiger partial charge in [-0.2, -0.15) is 0 Å². The van der Waals surface area contributed by atoms with Crippen LogP contribution in [0.5, 0.6) is 0 Å². The summed E-state index contributed by atoms with van der Waals surface area (Å²) in [6.45, 7) is 31.6. The molecule has 3 saturated heterocycles. The molecule has 3 aliphatic heterocycles. The lowest BCUT2D eigenvalue weighted by Gasteiger charge is -2.24. The summed E-state index contributed by atoms with van der Waals surface area (Å²) in [6.07, 6.45) is 16.6. The molecule has 0 aliphatic carbocycles. The van der Waals surface area contributed by atoms with Crippen LogP contribution in [0.15, 0.2) is 56.2 Å². The molecule has 3 aromatic rings. The van der Waals surface area contributed by atoms with Gasteiger partial charge in [-0.3, -0.25) is 14.7 Å². The molecule has 6 heterocycles. The average molecular weight is 634 g/mol. The number of likely N-dealkylation sites (N-methyl/N-ethyl adjacent to an activating group) is 3. The third kappa shape index (κ3) is 21.7. The lowest BCUT2D eigenvalue weighted by atomic mass is 10.4. The highest BCUT2D eigenvalue weighted by Gasteiger charge is 2.07. The van der Waals surface area contributed by atoms with Gasteiger partial charge >= 0.3 is 0 Å². The molecular weight excluding hydrogens is 570 g/mol. The highest BCUT2D eigenvalue weighted by Crippen LogP contribution is 1.95. The Morgan fingerprint density at radius 3 is 0.756 bits per heavy atom. The lowest BCUT2D eigenvalue weighted by molar-refractivity contribution is 0.0404. The summed E-state index contributed by atoms with van der Waals surface area (Å²) in [6, 6.07) is 0. The number of nitrogens with zero attached hydrogens (tertiary/aromatic N) is 9. The highest BCUT2D eigenvalue weighted by molar-refractivity contribution is 4.73. The zero-order valence-electron chi connectivity index (χ0n) is 29.2. The molecule has 0 amide bonds. The van der Waals surface area contributed by atoms with Crippen molar-refractivity contribution < 1.29 is 14.2 Å². The Bertz CT molecular complexity index is 814. The molecule has 258 valence electrons. The highest BCUT2D eigenvalue weighted by atomic mass is 16.5. The van der Waals surface area contributed by atoms with Gasteiger partial charge in [0.2, 0.25) is 0 Å². The van der Waals surface area contributed by atoms with Gasteiger partial charge < -0.3 is 27.9 Å². The second-order valence-electron chi connectivity index (χ2n) is 10.3. The number of hydrogen-bond donors (Lipinski definition) is 0. The minimum absolute atomic E-state index is 0.924. The Morgan fingerprint density at radius 1 is 0.400 bits per heavy atom. The van der Waals surface area contributed by atoms with Gasteiger partial charge in [0.15, 0.2) is 0 Å². The lowest BCUT2D eigenvalue weighted by Crippen LogP contribution is -2.35. The summed E-state index contributed by atoms with van der Waals surface area (Å²) >= 11 is 0. The summed E-state index contributed by atoms with van der Waals surface area (Å²) in [5.74, 6) is 0. The summed E-state index contributed by atoms with van der Waals surface area (Å²) in [5, 5.41) is 0. The standard InChI is InChI=1S/3C6H13NO.3C5H8N2/c3*1-2-7-3-5-8-6-4-7;3*1-2-7-4-3-6-5-7/h3*2-6H2,1H3;3*3-5H,2H2,1H3. The first kappa shape index (κ1) is 40.4. The van der Waals surface area contributed by atoms with Gasteiger partial charge in [-0.1, -0.05) is 20.8 Å². The maximum atomic E-state index is 5.16. The first-order chi connectivity index (χ1) is 22.1. The van der Waals surface area contributed by atoms with E-state index >= 15 is 0 Å². The molecule has 0 N–H and O–H groups in total. The van der Waals surface area contributed by atoms with Crippen LogP contribution in [0.3, 0.4) is 0 Å². The van der Waals surface area contributed by atoms with Crippen molar-refractivity contribution in [2.24, 2.45) is 0 Å². The van der Waals surface area contributed by atoms with E-state index in [0.717, 1.165) is 98.5 Å². The molecule has 6 rings (SSSR count). The summed E-state index contributed by atoms with van der Waals surface area (Å²) < 4.78 is 21.5. The van der Waals surface area contributed by atoms with E-state index in [0.29, 0.717) is 0 Å². The van der Waals surface area contributed by atoms with Crippen molar-refractivity contribution >= 4 is 0 Å². The van der Waals surface area contributed by atoms with E-state index in [-0.39, 0.29) is 0 Å². The first-order valence-corrected chi connectivity index (χ1v) is 16.9. The van der Waals surface area contributed by atoms with Gasteiger partial charge in [-0.25, -0.2) is 15.0 Å². The molecule has 3 fully saturated rings. The maximum Gasteiger partial charge on any atom is 0.0945 e. The molecule has 0 bridgehead atoms. The van der Waals surface area contributed by atoms with Crippen LogP contribution in [-0.2, 0) is 33.8 Å². The molecule has 3 aliphatic rings. The molecule has 0 radical (unpaired) electrons. The molecule has 0 saturated carbocycles. The van der Waals surface area contributed by atoms with Gasteiger partial charge in [-0.05, 0) is 40.4 Å². The zero-order valence-corrected chi connectivity index (χ0v) is 29.2. The Balaban J connectivity index is 0.000000270. The quantitative estimate of drug-likeness (QED) is 0.403. The predicted octanol–water partition coefficient (Wildman–Crippen LogP) is 3.72. The van der Waals surface area contributed by atoms with Crippen LogP contribution < -0.4 is 0 Å². The smallest absolute Gasteiger partial charge is 0.0945 e. The molecule has 0 atom stereocenters. The van der Waals surface area contributed by atoms with Crippen LogP contribution in [-0.4, -0.2) is 142 Å². The molecular formula is C33H63N9O3. The van der Waals surface area contributed by atoms with Crippen LogP contribution in [0.4, 0.5) is 0 Å². The molecule has 0 unspecified atom stereocenters. The van der Waals surface area contributed by atoms with Crippen LogP contribution in [0.2, 0.25) is 0 Å². The van der Waals surface area contributed by atoms with E-state index in [1.807, 2.05) is 32.3 Å².